The highest BCUT2D eigenvalue weighted by Gasteiger charge is 2.24. The van der Waals surface area contributed by atoms with E-state index in [-0.39, 0.29) is 6.04 Å². The summed E-state index contributed by atoms with van der Waals surface area (Å²) >= 11 is 0. The lowest BCUT2D eigenvalue weighted by atomic mass is 10.2. The topological polar surface area (TPSA) is 66.4 Å². The molecule has 0 saturated carbocycles. The zero-order chi connectivity index (χ0) is 13.9. The van der Waals surface area contributed by atoms with E-state index in [1.165, 1.54) is 0 Å². The first-order valence-corrected chi connectivity index (χ1v) is 6.91. The molecule has 0 radical (unpaired) electrons. The predicted octanol–water partition coefficient (Wildman–Crippen LogP) is 1.53. The number of aliphatic hydroxyl groups is 1. The Labute approximate surface area is 105 Å². The van der Waals surface area contributed by atoms with Crippen LogP contribution >= 0.6 is 0 Å². The Morgan fingerprint density at radius 1 is 1.39 bits per heavy atom. The number of halogens is 2. The number of rotatable bonds is 5. The van der Waals surface area contributed by atoms with Crippen molar-refractivity contribution in [3.05, 3.63) is 29.3 Å². The fourth-order valence-corrected chi connectivity index (χ4v) is 2.77. The van der Waals surface area contributed by atoms with Gasteiger partial charge in [0.2, 0.25) is 10.0 Å². The lowest BCUT2D eigenvalue weighted by Gasteiger charge is -2.13. The van der Waals surface area contributed by atoms with E-state index in [9.17, 15) is 17.2 Å². The molecule has 1 atom stereocenters. The number of hydrogen-bond donors (Lipinski definition) is 2. The van der Waals surface area contributed by atoms with Crippen molar-refractivity contribution in [3.63, 3.8) is 0 Å². The molecule has 0 heterocycles. The molecule has 0 aromatic heterocycles. The Bertz CT molecular complexity index is 531. The number of hydrogen-bond acceptors (Lipinski definition) is 3. The molecule has 102 valence electrons. The van der Waals surface area contributed by atoms with E-state index in [2.05, 4.69) is 4.72 Å². The van der Waals surface area contributed by atoms with Gasteiger partial charge in [-0.2, -0.15) is 0 Å². The Hall–Kier alpha value is -1.05. The van der Waals surface area contributed by atoms with Crippen LogP contribution in [-0.2, 0) is 16.6 Å². The van der Waals surface area contributed by atoms with Gasteiger partial charge in [-0.25, -0.2) is 21.9 Å². The van der Waals surface area contributed by atoms with E-state index >= 15 is 0 Å². The van der Waals surface area contributed by atoms with Gasteiger partial charge in [-0.15, -0.1) is 0 Å². The Kier molecular flexibility index (Phi) is 4.78. The Morgan fingerprint density at radius 2 is 2.00 bits per heavy atom. The first-order valence-electron chi connectivity index (χ1n) is 5.43. The average Bonchev–Trinajstić information content (AvgIpc) is 2.28. The SMILES string of the molecule is CCC(C)NS(=O)(=O)c1ccc(F)c(CO)c1F. The molecule has 18 heavy (non-hydrogen) atoms. The molecule has 4 nitrogen and oxygen atoms in total. The van der Waals surface area contributed by atoms with E-state index in [1.807, 2.05) is 0 Å². The third kappa shape index (κ3) is 3.04. The van der Waals surface area contributed by atoms with Gasteiger partial charge in [0.15, 0.2) is 5.82 Å². The summed E-state index contributed by atoms with van der Waals surface area (Å²) in [5.74, 6) is -2.23. The minimum atomic E-state index is -4.05. The minimum Gasteiger partial charge on any atom is -0.391 e. The maximum absolute atomic E-state index is 13.8. The Balaban J connectivity index is 3.26. The van der Waals surface area contributed by atoms with Crippen molar-refractivity contribution >= 4 is 10.0 Å². The van der Waals surface area contributed by atoms with E-state index in [1.54, 1.807) is 13.8 Å². The molecule has 0 spiro atoms. The van der Waals surface area contributed by atoms with Crippen LogP contribution < -0.4 is 4.72 Å². The van der Waals surface area contributed by atoms with Crippen molar-refractivity contribution in [1.82, 2.24) is 4.72 Å². The van der Waals surface area contributed by atoms with Gasteiger partial charge in [-0.1, -0.05) is 6.92 Å². The number of sulfonamides is 1. The summed E-state index contributed by atoms with van der Waals surface area (Å²) in [4.78, 5) is -0.659. The summed E-state index contributed by atoms with van der Waals surface area (Å²) < 4.78 is 52.9. The second-order valence-corrected chi connectivity index (χ2v) is 5.61. The molecule has 0 saturated heterocycles. The van der Waals surface area contributed by atoms with Gasteiger partial charge < -0.3 is 5.11 Å². The van der Waals surface area contributed by atoms with Gasteiger partial charge >= 0.3 is 0 Å². The van der Waals surface area contributed by atoms with Crippen LogP contribution in [0.15, 0.2) is 17.0 Å². The van der Waals surface area contributed by atoms with Crippen molar-refractivity contribution < 1.29 is 22.3 Å². The summed E-state index contributed by atoms with van der Waals surface area (Å²) in [7, 11) is -4.05. The summed E-state index contributed by atoms with van der Waals surface area (Å²) in [5.41, 5.74) is -0.651. The smallest absolute Gasteiger partial charge is 0.243 e. The molecule has 7 heteroatoms. The quantitative estimate of drug-likeness (QED) is 0.859. The van der Waals surface area contributed by atoms with Crippen LogP contribution in [0.4, 0.5) is 8.78 Å². The lowest BCUT2D eigenvalue weighted by molar-refractivity contribution is 0.267. The van der Waals surface area contributed by atoms with Crippen LogP contribution in [0.1, 0.15) is 25.8 Å². The van der Waals surface area contributed by atoms with E-state index in [0.717, 1.165) is 12.1 Å². The second-order valence-electron chi connectivity index (χ2n) is 3.93. The van der Waals surface area contributed by atoms with Gasteiger partial charge in [0, 0.05) is 6.04 Å². The summed E-state index contributed by atoms with van der Waals surface area (Å²) in [6, 6.07) is 1.30. The normalized spacial score (nSPS) is 13.6. The van der Waals surface area contributed by atoms with Gasteiger partial charge in [0.1, 0.15) is 10.7 Å². The highest BCUT2D eigenvalue weighted by Crippen LogP contribution is 2.21. The van der Waals surface area contributed by atoms with E-state index < -0.39 is 38.7 Å². The molecule has 0 aliphatic heterocycles. The van der Waals surface area contributed by atoms with Crippen molar-refractivity contribution in [2.45, 2.75) is 37.8 Å². The summed E-state index contributed by atoms with van der Waals surface area (Å²) in [5, 5.41) is 8.82. The van der Waals surface area contributed by atoms with Crippen LogP contribution in [0.3, 0.4) is 0 Å². The third-order valence-corrected chi connectivity index (χ3v) is 4.17. The zero-order valence-corrected chi connectivity index (χ0v) is 10.9. The molecule has 1 rings (SSSR count). The highest BCUT2D eigenvalue weighted by molar-refractivity contribution is 7.89. The van der Waals surface area contributed by atoms with E-state index in [4.69, 9.17) is 5.11 Å². The number of nitrogens with one attached hydrogen (secondary N) is 1. The van der Waals surface area contributed by atoms with Gasteiger partial charge in [-0.3, -0.25) is 0 Å². The molecule has 0 aliphatic carbocycles. The van der Waals surface area contributed by atoms with Crippen LogP contribution in [0.25, 0.3) is 0 Å². The fraction of sp³-hybridized carbons (Fsp3) is 0.455. The third-order valence-electron chi connectivity index (χ3n) is 2.57. The molecule has 1 aromatic carbocycles. The van der Waals surface area contributed by atoms with Crippen LogP contribution in [0.2, 0.25) is 0 Å². The van der Waals surface area contributed by atoms with E-state index in [0.29, 0.717) is 6.42 Å². The maximum atomic E-state index is 13.8. The molecular weight excluding hydrogens is 264 g/mol. The fourth-order valence-electron chi connectivity index (χ4n) is 1.34. The van der Waals surface area contributed by atoms with Gasteiger partial charge in [-0.05, 0) is 25.5 Å². The van der Waals surface area contributed by atoms with Gasteiger partial charge in [0.25, 0.3) is 0 Å². The standard InChI is InChI=1S/C11H15F2NO3S/c1-3-7(2)14-18(16,17)10-5-4-9(12)8(6-15)11(10)13/h4-5,7,14-15H,3,6H2,1-2H3. The molecule has 2 N–H and O–H groups in total. The lowest BCUT2D eigenvalue weighted by Crippen LogP contribution is -2.32. The van der Waals surface area contributed by atoms with Crippen LogP contribution in [-0.4, -0.2) is 19.6 Å². The summed E-state index contributed by atoms with van der Waals surface area (Å²) in [6.45, 7) is 2.50. The molecule has 0 amide bonds. The average molecular weight is 279 g/mol. The monoisotopic (exact) mass is 279 g/mol. The molecule has 1 aromatic rings. The van der Waals surface area contributed by atoms with Crippen LogP contribution in [0.5, 0.6) is 0 Å². The molecule has 0 aliphatic rings. The maximum Gasteiger partial charge on any atom is 0.243 e. The number of benzene rings is 1. The first kappa shape index (κ1) is 15.0. The van der Waals surface area contributed by atoms with Crippen molar-refractivity contribution in [2.24, 2.45) is 0 Å². The highest BCUT2D eigenvalue weighted by atomic mass is 32.2. The van der Waals surface area contributed by atoms with Crippen molar-refractivity contribution in [3.8, 4) is 0 Å². The Morgan fingerprint density at radius 3 is 2.50 bits per heavy atom. The molecule has 0 bridgehead atoms. The molecule has 0 fully saturated rings. The summed E-state index contributed by atoms with van der Waals surface area (Å²) in [6.07, 6.45) is 0.537. The first-order chi connectivity index (χ1) is 8.33. The second kappa shape index (κ2) is 5.73. The predicted molar refractivity (Wildman–Crippen MR) is 62.4 cm³/mol. The molecule has 1 unspecified atom stereocenters. The molecular formula is C11H15F2NO3S. The minimum absolute atomic E-state index is 0.364. The number of aliphatic hydroxyl groups excluding tert-OH is 1. The van der Waals surface area contributed by atoms with Crippen molar-refractivity contribution in [1.29, 1.82) is 0 Å². The van der Waals surface area contributed by atoms with Crippen LogP contribution in [0, 0.1) is 11.6 Å². The van der Waals surface area contributed by atoms with Gasteiger partial charge in [0.05, 0.1) is 12.2 Å². The largest absolute Gasteiger partial charge is 0.391 e. The van der Waals surface area contributed by atoms with Crippen molar-refractivity contribution in [2.75, 3.05) is 0 Å². The zero-order valence-electron chi connectivity index (χ0n) is 10.1.